The van der Waals surface area contributed by atoms with Crippen LogP contribution in [0, 0.1) is 12.8 Å². The molecule has 0 radical (unpaired) electrons. The molecule has 2 N–H and O–H groups in total. The van der Waals surface area contributed by atoms with E-state index in [-0.39, 0.29) is 42.5 Å². The lowest BCUT2D eigenvalue weighted by Crippen LogP contribution is -2.55. The average molecular weight is 575 g/mol. The zero-order chi connectivity index (χ0) is 29.4. The van der Waals surface area contributed by atoms with Gasteiger partial charge in [-0.05, 0) is 53.1 Å². The molecule has 0 unspecified atom stereocenters. The van der Waals surface area contributed by atoms with Gasteiger partial charge in [0.05, 0.1) is 22.2 Å². The van der Waals surface area contributed by atoms with Crippen molar-refractivity contribution in [2.75, 3.05) is 6.54 Å². The molecule has 1 fully saturated rings. The molecule has 2 aliphatic heterocycles. The van der Waals surface area contributed by atoms with E-state index >= 15 is 0 Å². The van der Waals surface area contributed by atoms with Gasteiger partial charge in [0, 0.05) is 31.6 Å². The van der Waals surface area contributed by atoms with Crippen molar-refractivity contribution >= 4 is 29.1 Å². The molecular formula is C32H38N4O4S. The number of rotatable bonds is 8. The van der Waals surface area contributed by atoms with Gasteiger partial charge in [0.1, 0.15) is 12.1 Å². The monoisotopic (exact) mass is 574 g/mol. The summed E-state index contributed by atoms with van der Waals surface area (Å²) in [5.41, 5.74) is 7.51. The van der Waals surface area contributed by atoms with Crippen LogP contribution in [0.25, 0.3) is 10.4 Å². The van der Waals surface area contributed by atoms with Crippen molar-refractivity contribution in [3.63, 3.8) is 0 Å². The number of thiazole rings is 1. The maximum absolute atomic E-state index is 14.0. The Morgan fingerprint density at radius 3 is 2.56 bits per heavy atom. The van der Waals surface area contributed by atoms with Gasteiger partial charge >= 0.3 is 0 Å². The van der Waals surface area contributed by atoms with Crippen LogP contribution in [0.4, 0.5) is 0 Å². The van der Waals surface area contributed by atoms with Gasteiger partial charge in [0.2, 0.25) is 11.8 Å². The first-order valence-corrected chi connectivity index (χ1v) is 15.1. The topological polar surface area (TPSA) is 103 Å². The molecule has 3 heterocycles. The minimum absolute atomic E-state index is 0.0620. The molecule has 0 saturated carbocycles. The van der Waals surface area contributed by atoms with E-state index in [0.29, 0.717) is 18.7 Å². The highest BCUT2D eigenvalue weighted by Gasteiger charge is 2.45. The fourth-order valence-electron chi connectivity index (χ4n) is 6.10. The van der Waals surface area contributed by atoms with Crippen molar-refractivity contribution in [3.05, 3.63) is 75.9 Å². The van der Waals surface area contributed by atoms with Crippen LogP contribution in [0.2, 0.25) is 0 Å². The first-order chi connectivity index (χ1) is 19.6. The third-order valence-corrected chi connectivity index (χ3v) is 9.14. The van der Waals surface area contributed by atoms with Gasteiger partial charge in [-0.1, -0.05) is 58.0 Å². The van der Waals surface area contributed by atoms with Gasteiger partial charge in [0.15, 0.2) is 0 Å². The molecule has 1 aromatic heterocycles. The van der Waals surface area contributed by atoms with Crippen LogP contribution in [0.1, 0.15) is 72.8 Å². The first kappa shape index (κ1) is 29.0. The molecule has 2 aromatic carbocycles. The predicted molar refractivity (Wildman–Crippen MR) is 159 cm³/mol. The van der Waals surface area contributed by atoms with Crippen molar-refractivity contribution in [2.24, 2.45) is 5.92 Å². The van der Waals surface area contributed by atoms with Crippen molar-refractivity contribution in [2.45, 2.75) is 78.2 Å². The van der Waals surface area contributed by atoms with E-state index in [1.54, 1.807) is 22.3 Å². The number of aryl methyl sites for hydroxylation is 1. The van der Waals surface area contributed by atoms with Crippen LogP contribution in [0.3, 0.4) is 0 Å². The van der Waals surface area contributed by atoms with Crippen molar-refractivity contribution in [1.29, 1.82) is 0 Å². The van der Waals surface area contributed by atoms with Crippen LogP contribution in [0.15, 0.2) is 48.0 Å². The fraction of sp³-hybridized carbons (Fsp3) is 0.438. The van der Waals surface area contributed by atoms with Crippen LogP contribution in [-0.4, -0.2) is 62.3 Å². The number of aliphatic hydroxyl groups is 1. The Bertz CT molecular complexity index is 1470. The van der Waals surface area contributed by atoms with Gasteiger partial charge < -0.3 is 20.2 Å². The lowest BCUT2D eigenvalue weighted by atomic mass is 9.94. The Morgan fingerprint density at radius 2 is 1.90 bits per heavy atom. The Labute approximate surface area is 245 Å². The van der Waals surface area contributed by atoms with Crippen LogP contribution >= 0.6 is 11.3 Å². The molecule has 0 aliphatic carbocycles. The Balaban J connectivity index is 1.34. The van der Waals surface area contributed by atoms with E-state index in [1.165, 1.54) is 4.90 Å². The van der Waals surface area contributed by atoms with Crippen LogP contribution < -0.4 is 5.32 Å². The number of aliphatic hydroxyl groups excluding tert-OH is 1. The largest absolute Gasteiger partial charge is 0.391 e. The quantitative estimate of drug-likeness (QED) is 0.413. The molecule has 216 valence electrons. The van der Waals surface area contributed by atoms with Gasteiger partial charge in [0.25, 0.3) is 5.91 Å². The van der Waals surface area contributed by atoms with Gasteiger partial charge in [-0.15, -0.1) is 11.3 Å². The summed E-state index contributed by atoms with van der Waals surface area (Å²) in [4.78, 5) is 49.4. The second-order valence-corrected chi connectivity index (χ2v) is 12.6. The third kappa shape index (κ3) is 5.65. The standard InChI is InChI=1S/C32H38N4O4S/c1-18(2)25-11-10-21(29-20(5)34-17-41-29)12-23(25)14-33-30(38)27-13-24(37)16-35(27)32(40)28(19(3)4)36-15-22-8-6-7-9-26(22)31(36)39/h6-12,17-19,24,27-28,37H,13-16H2,1-5H3,(H,33,38)/t24-,27+,28+/m1/s1. The van der Waals surface area contributed by atoms with Crippen molar-refractivity contribution < 1.29 is 19.5 Å². The van der Waals surface area contributed by atoms with Crippen molar-refractivity contribution in [1.82, 2.24) is 20.1 Å². The summed E-state index contributed by atoms with van der Waals surface area (Å²) in [6, 6.07) is 12.2. The summed E-state index contributed by atoms with van der Waals surface area (Å²) in [5.74, 6) is -0.691. The third-order valence-electron chi connectivity index (χ3n) is 8.16. The summed E-state index contributed by atoms with van der Waals surface area (Å²) >= 11 is 1.59. The second-order valence-electron chi connectivity index (χ2n) is 11.7. The molecule has 1 saturated heterocycles. The zero-order valence-corrected chi connectivity index (χ0v) is 25.1. The number of likely N-dealkylation sites (tertiary alicyclic amines) is 1. The smallest absolute Gasteiger partial charge is 0.255 e. The fourth-order valence-corrected chi connectivity index (χ4v) is 6.90. The summed E-state index contributed by atoms with van der Waals surface area (Å²) in [6.07, 6.45) is -0.647. The molecule has 9 heteroatoms. The van der Waals surface area contributed by atoms with E-state index < -0.39 is 18.2 Å². The number of carbonyl (C=O) groups excluding carboxylic acids is 3. The second kappa shape index (κ2) is 11.7. The zero-order valence-electron chi connectivity index (χ0n) is 24.3. The van der Waals surface area contributed by atoms with E-state index in [1.807, 2.05) is 44.5 Å². The molecular weight excluding hydrogens is 536 g/mol. The summed E-state index contributed by atoms with van der Waals surface area (Å²) in [7, 11) is 0. The number of amides is 3. The van der Waals surface area contributed by atoms with E-state index in [9.17, 15) is 19.5 Å². The molecule has 0 bridgehead atoms. The van der Waals surface area contributed by atoms with E-state index in [0.717, 1.165) is 32.8 Å². The molecule has 3 aromatic rings. The van der Waals surface area contributed by atoms with Crippen molar-refractivity contribution in [3.8, 4) is 10.4 Å². The normalized spacial score (nSPS) is 19.3. The SMILES string of the molecule is Cc1ncsc1-c1ccc(C(C)C)c(CNC(=O)[C@@H]2C[C@@H](O)CN2C(=O)[C@H](C(C)C)N2Cc3ccccc3C2=O)c1. The number of aromatic nitrogens is 1. The van der Waals surface area contributed by atoms with Gasteiger partial charge in [-0.2, -0.15) is 0 Å². The highest BCUT2D eigenvalue weighted by molar-refractivity contribution is 7.13. The lowest BCUT2D eigenvalue weighted by Gasteiger charge is -2.35. The number of benzene rings is 2. The highest BCUT2D eigenvalue weighted by Crippen LogP contribution is 2.32. The number of fused-ring (bicyclic) bond motifs is 1. The number of β-amino-alcohol motifs (C(OH)–C–C–N with tert-alkyl or cyclic N) is 1. The number of hydrogen-bond donors (Lipinski definition) is 2. The Morgan fingerprint density at radius 1 is 1.15 bits per heavy atom. The summed E-state index contributed by atoms with van der Waals surface area (Å²) in [5, 5.41) is 13.6. The molecule has 2 aliphatic rings. The van der Waals surface area contributed by atoms with Gasteiger partial charge in [-0.3, -0.25) is 14.4 Å². The Kier molecular flexibility index (Phi) is 8.29. The molecule has 3 atom stereocenters. The number of nitrogens with one attached hydrogen (secondary N) is 1. The van der Waals surface area contributed by atoms with E-state index in [2.05, 4.69) is 42.3 Å². The molecule has 41 heavy (non-hydrogen) atoms. The minimum Gasteiger partial charge on any atom is -0.391 e. The Hall–Kier alpha value is -3.56. The molecule has 8 nitrogen and oxygen atoms in total. The van der Waals surface area contributed by atoms with Crippen LogP contribution in [0.5, 0.6) is 0 Å². The lowest BCUT2D eigenvalue weighted by molar-refractivity contribution is -0.143. The molecule has 0 spiro atoms. The average Bonchev–Trinajstić information content (AvgIpc) is 3.64. The highest BCUT2D eigenvalue weighted by atomic mass is 32.1. The number of nitrogens with zero attached hydrogens (tertiary/aromatic N) is 3. The number of hydrogen-bond acceptors (Lipinski definition) is 6. The molecule has 5 rings (SSSR count). The summed E-state index contributed by atoms with van der Waals surface area (Å²) < 4.78 is 0. The maximum atomic E-state index is 14.0. The van der Waals surface area contributed by atoms with Crippen LogP contribution in [-0.2, 0) is 22.7 Å². The van der Waals surface area contributed by atoms with E-state index in [4.69, 9.17) is 0 Å². The number of carbonyl (C=O) groups is 3. The predicted octanol–water partition coefficient (Wildman–Crippen LogP) is 4.50. The molecule has 3 amide bonds. The minimum atomic E-state index is -0.812. The first-order valence-electron chi connectivity index (χ1n) is 14.2. The maximum Gasteiger partial charge on any atom is 0.255 e. The summed E-state index contributed by atoms with van der Waals surface area (Å²) in [6.45, 7) is 10.8. The van der Waals surface area contributed by atoms with Gasteiger partial charge in [-0.25, -0.2) is 4.98 Å².